The van der Waals surface area contributed by atoms with Gasteiger partial charge in [-0.15, -0.1) is 11.3 Å². The Morgan fingerprint density at radius 1 is 1.13 bits per heavy atom. The molecule has 1 saturated heterocycles. The van der Waals surface area contributed by atoms with Gasteiger partial charge >= 0.3 is 0 Å². The van der Waals surface area contributed by atoms with Crippen LogP contribution in [0, 0.1) is 12.3 Å². The van der Waals surface area contributed by atoms with Crippen molar-refractivity contribution in [3.8, 4) is 16.3 Å². The first kappa shape index (κ1) is 27.3. The van der Waals surface area contributed by atoms with E-state index in [0.29, 0.717) is 26.2 Å². The summed E-state index contributed by atoms with van der Waals surface area (Å²) < 4.78 is 5.96. The second-order valence-corrected chi connectivity index (χ2v) is 11.6. The van der Waals surface area contributed by atoms with Gasteiger partial charge < -0.3 is 15.4 Å². The highest BCUT2D eigenvalue weighted by Crippen LogP contribution is 2.37. The number of rotatable bonds is 5. The molecule has 206 valence electrons. The van der Waals surface area contributed by atoms with Gasteiger partial charge in [0, 0.05) is 23.2 Å². The summed E-state index contributed by atoms with van der Waals surface area (Å²) in [5.41, 5.74) is 4.03. The number of benzene rings is 2. The lowest BCUT2D eigenvalue weighted by molar-refractivity contribution is -0.135. The molecule has 8 heteroatoms. The highest BCUT2D eigenvalue weighted by Gasteiger charge is 2.40. The number of nitrogens with zero attached hydrogens (tertiary/aromatic N) is 2. The van der Waals surface area contributed by atoms with Gasteiger partial charge in [-0.2, -0.15) is 0 Å². The van der Waals surface area contributed by atoms with E-state index >= 15 is 0 Å². The summed E-state index contributed by atoms with van der Waals surface area (Å²) in [6.45, 7) is 5.31. The average Bonchev–Trinajstić information content (AvgIpc) is 3.39. The maximum atomic E-state index is 13.3. The van der Waals surface area contributed by atoms with E-state index in [1.54, 1.807) is 11.3 Å². The SMILES string of the molecule is Cc1csc(-c2cccc(CNC(=O)CN3CCC4(CCCCc5ccccc5OCCNC4=O)CC3)c2)n1. The molecule has 0 unspecified atom stereocenters. The Morgan fingerprint density at radius 3 is 2.79 bits per heavy atom. The number of aromatic nitrogens is 1. The van der Waals surface area contributed by atoms with Gasteiger partial charge in [0.2, 0.25) is 11.8 Å². The van der Waals surface area contributed by atoms with Crippen LogP contribution in [0.25, 0.3) is 10.6 Å². The van der Waals surface area contributed by atoms with E-state index in [9.17, 15) is 9.59 Å². The highest BCUT2D eigenvalue weighted by atomic mass is 32.1. The Labute approximate surface area is 235 Å². The molecular weight excluding hydrogens is 508 g/mol. The van der Waals surface area contributed by atoms with Crippen LogP contribution < -0.4 is 15.4 Å². The number of piperidine rings is 1. The molecule has 0 aliphatic carbocycles. The number of nitrogens with one attached hydrogen (secondary N) is 2. The largest absolute Gasteiger partial charge is 0.491 e. The van der Waals surface area contributed by atoms with Crippen LogP contribution in [-0.4, -0.2) is 54.5 Å². The van der Waals surface area contributed by atoms with Crippen molar-refractivity contribution in [1.29, 1.82) is 0 Å². The third-order valence-electron chi connectivity index (χ3n) is 7.91. The fraction of sp³-hybridized carbons (Fsp3) is 0.452. The Balaban J connectivity index is 1.11. The van der Waals surface area contributed by atoms with Gasteiger partial charge in [-0.1, -0.05) is 42.8 Å². The van der Waals surface area contributed by atoms with Gasteiger partial charge in [-0.05, 0) is 75.4 Å². The lowest BCUT2D eigenvalue weighted by Crippen LogP contribution is -2.51. The molecule has 2 aromatic carbocycles. The van der Waals surface area contributed by atoms with Crippen LogP contribution in [0.5, 0.6) is 5.75 Å². The number of aryl methyl sites for hydroxylation is 2. The molecule has 5 rings (SSSR count). The van der Waals surface area contributed by atoms with Crippen LogP contribution in [-0.2, 0) is 22.6 Å². The van der Waals surface area contributed by atoms with Crippen molar-refractivity contribution in [2.75, 3.05) is 32.8 Å². The van der Waals surface area contributed by atoms with Crippen molar-refractivity contribution < 1.29 is 14.3 Å². The van der Waals surface area contributed by atoms with Crippen molar-refractivity contribution in [2.24, 2.45) is 5.41 Å². The topological polar surface area (TPSA) is 83.6 Å². The first-order valence-corrected chi connectivity index (χ1v) is 14.9. The van der Waals surface area contributed by atoms with Crippen LogP contribution in [0.15, 0.2) is 53.9 Å². The first-order valence-electron chi connectivity index (χ1n) is 14.0. The monoisotopic (exact) mass is 546 g/mol. The smallest absolute Gasteiger partial charge is 0.234 e. The van der Waals surface area contributed by atoms with Crippen molar-refractivity contribution in [3.63, 3.8) is 0 Å². The summed E-state index contributed by atoms with van der Waals surface area (Å²) in [4.78, 5) is 32.8. The molecule has 0 atom stereocenters. The minimum atomic E-state index is -0.361. The van der Waals surface area contributed by atoms with Gasteiger partial charge in [0.1, 0.15) is 17.4 Å². The molecule has 1 spiro atoms. The summed E-state index contributed by atoms with van der Waals surface area (Å²) in [6, 6.07) is 16.4. The molecular formula is C31H38N4O3S. The number of ether oxygens (including phenoxy) is 1. The maximum absolute atomic E-state index is 13.3. The summed E-state index contributed by atoms with van der Waals surface area (Å²) in [5, 5.41) is 9.26. The maximum Gasteiger partial charge on any atom is 0.234 e. The fourth-order valence-electron chi connectivity index (χ4n) is 5.63. The number of para-hydroxylation sites is 1. The van der Waals surface area contributed by atoms with Crippen LogP contribution in [0.2, 0.25) is 0 Å². The highest BCUT2D eigenvalue weighted by molar-refractivity contribution is 7.13. The zero-order valence-electron chi connectivity index (χ0n) is 22.7. The van der Waals surface area contributed by atoms with Crippen molar-refractivity contribution in [1.82, 2.24) is 20.5 Å². The molecule has 2 N–H and O–H groups in total. The van der Waals surface area contributed by atoms with Gasteiger partial charge in [0.05, 0.1) is 18.5 Å². The predicted octanol–water partition coefficient (Wildman–Crippen LogP) is 4.74. The lowest BCUT2D eigenvalue weighted by atomic mass is 9.73. The number of thiazole rings is 1. The van der Waals surface area contributed by atoms with Gasteiger partial charge in [-0.3, -0.25) is 14.5 Å². The standard InChI is InChI=1S/C31H38N4O3S/c1-23-22-39-29(34-23)26-10-6-7-24(19-26)20-33-28(36)21-35-16-13-31(14-17-35)12-5-4-9-25-8-2-3-11-27(25)38-18-15-32-30(31)37/h2-3,6-8,10-11,19,22H,4-5,9,12-18,20-21H2,1H3,(H,32,37)(H,33,36). The number of amides is 2. The van der Waals surface area contributed by atoms with E-state index in [2.05, 4.69) is 44.8 Å². The minimum absolute atomic E-state index is 0.0143. The first-order chi connectivity index (χ1) is 19.0. The van der Waals surface area contributed by atoms with E-state index < -0.39 is 0 Å². The summed E-state index contributed by atoms with van der Waals surface area (Å²) >= 11 is 1.63. The van der Waals surface area contributed by atoms with Gasteiger partial charge in [-0.25, -0.2) is 4.98 Å². The van der Waals surface area contributed by atoms with Crippen molar-refractivity contribution >= 4 is 23.2 Å². The second-order valence-electron chi connectivity index (χ2n) is 10.7. The molecule has 2 amide bonds. The number of carbonyl (C=O) groups excluding carboxylic acids is 2. The Hall–Kier alpha value is -3.23. The van der Waals surface area contributed by atoms with Crippen LogP contribution >= 0.6 is 11.3 Å². The average molecular weight is 547 g/mol. The Morgan fingerprint density at radius 2 is 1.97 bits per heavy atom. The van der Waals surface area contributed by atoms with E-state index in [1.165, 1.54) is 5.56 Å². The minimum Gasteiger partial charge on any atom is -0.491 e. The zero-order valence-corrected chi connectivity index (χ0v) is 23.5. The molecule has 2 aliphatic heterocycles. The van der Waals surface area contributed by atoms with E-state index in [0.717, 1.165) is 79.2 Å². The molecule has 0 saturated carbocycles. The van der Waals surface area contributed by atoms with Crippen LogP contribution in [0.4, 0.5) is 0 Å². The fourth-order valence-corrected chi connectivity index (χ4v) is 6.43. The van der Waals surface area contributed by atoms with Crippen LogP contribution in [0.1, 0.15) is 48.9 Å². The van der Waals surface area contributed by atoms with Crippen molar-refractivity contribution in [2.45, 2.75) is 52.0 Å². The van der Waals surface area contributed by atoms with Gasteiger partial charge in [0.15, 0.2) is 0 Å². The summed E-state index contributed by atoms with van der Waals surface area (Å²) in [6.07, 6.45) is 5.44. The number of fused-ring (bicyclic) bond motifs is 1. The van der Waals surface area contributed by atoms with Crippen molar-refractivity contribution in [3.05, 3.63) is 70.7 Å². The third-order valence-corrected chi connectivity index (χ3v) is 8.92. The number of hydrogen-bond donors (Lipinski definition) is 2. The Kier molecular flexibility index (Phi) is 8.94. The predicted molar refractivity (Wildman–Crippen MR) is 155 cm³/mol. The molecule has 39 heavy (non-hydrogen) atoms. The number of hydrogen-bond acceptors (Lipinski definition) is 6. The van der Waals surface area contributed by atoms with E-state index in [-0.39, 0.29) is 17.2 Å². The lowest BCUT2D eigenvalue weighted by Gasteiger charge is -2.40. The normalized spacial score (nSPS) is 18.2. The summed E-state index contributed by atoms with van der Waals surface area (Å²) in [5.74, 6) is 1.08. The quantitative estimate of drug-likeness (QED) is 0.483. The molecule has 0 radical (unpaired) electrons. The van der Waals surface area contributed by atoms with E-state index in [4.69, 9.17) is 4.74 Å². The molecule has 7 nitrogen and oxygen atoms in total. The van der Waals surface area contributed by atoms with E-state index in [1.807, 2.05) is 36.6 Å². The third kappa shape index (κ3) is 7.05. The zero-order chi connectivity index (χ0) is 27.1. The molecule has 3 aromatic rings. The molecule has 0 bridgehead atoms. The number of likely N-dealkylation sites (tertiary alicyclic amines) is 1. The molecule has 1 fully saturated rings. The summed E-state index contributed by atoms with van der Waals surface area (Å²) in [7, 11) is 0. The van der Waals surface area contributed by atoms with Gasteiger partial charge in [0.25, 0.3) is 0 Å². The molecule has 2 aliphatic rings. The Bertz CT molecular complexity index is 1280. The number of carbonyl (C=O) groups is 2. The molecule has 3 heterocycles. The molecule has 1 aromatic heterocycles. The second kappa shape index (κ2) is 12.7. The van der Waals surface area contributed by atoms with Crippen LogP contribution in [0.3, 0.4) is 0 Å².